The molecule has 0 aromatic heterocycles. The van der Waals surface area contributed by atoms with Crippen molar-refractivity contribution in [1.82, 2.24) is 0 Å². The Morgan fingerprint density at radius 2 is 2.06 bits per heavy atom. The predicted octanol–water partition coefficient (Wildman–Crippen LogP) is 2.45. The minimum Gasteiger partial charge on any atom is -0.481 e. The normalized spacial score (nSPS) is 30.1. The number of aliphatic hydroxyl groups is 1. The third-order valence-corrected chi connectivity index (χ3v) is 4.20. The summed E-state index contributed by atoms with van der Waals surface area (Å²) in [4.78, 5) is 11.5. The summed E-state index contributed by atoms with van der Waals surface area (Å²) in [5, 5.41) is 19.3. The van der Waals surface area contributed by atoms with Crippen LogP contribution in [0.15, 0.2) is 0 Å². The maximum absolute atomic E-state index is 11.5. The number of aliphatic hydroxyl groups excluding tert-OH is 1. The average molecular weight is 258 g/mol. The summed E-state index contributed by atoms with van der Waals surface area (Å²) in [6.45, 7) is 2.38. The van der Waals surface area contributed by atoms with Crippen LogP contribution in [0.25, 0.3) is 0 Å². The van der Waals surface area contributed by atoms with Gasteiger partial charge >= 0.3 is 5.97 Å². The summed E-state index contributed by atoms with van der Waals surface area (Å²) >= 11 is 0. The second-order valence-electron chi connectivity index (χ2n) is 5.63. The van der Waals surface area contributed by atoms with Crippen molar-refractivity contribution in [2.45, 2.75) is 58.0 Å². The molecule has 1 atom stereocenters. The molecule has 106 valence electrons. The van der Waals surface area contributed by atoms with Crippen molar-refractivity contribution in [1.29, 1.82) is 0 Å². The molecule has 0 aliphatic heterocycles. The zero-order valence-corrected chi connectivity index (χ0v) is 11.5. The van der Waals surface area contributed by atoms with Gasteiger partial charge in [-0.2, -0.15) is 0 Å². The van der Waals surface area contributed by atoms with Crippen molar-refractivity contribution in [3.8, 4) is 0 Å². The smallest absolute Gasteiger partial charge is 0.309 e. The van der Waals surface area contributed by atoms with E-state index in [-0.39, 0.29) is 6.61 Å². The second-order valence-corrected chi connectivity index (χ2v) is 5.63. The van der Waals surface area contributed by atoms with E-state index in [0.717, 1.165) is 19.3 Å². The van der Waals surface area contributed by atoms with Crippen LogP contribution in [0.3, 0.4) is 0 Å². The van der Waals surface area contributed by atoms with Crippen LogP contribution in [0.5, 0.6) is 0 Å². The highest BCUT2D eigenvalue weighted by Crippen LogP contribution is 2.43. The first-order valence-corrected chi connectivity index (χ1v) is 6.94. The molecule has 18 heavy (non-hydrogen) atoms. The Morgan fingerprint density at radius 1 is 1.44 bits per heavy atom. The number of rotatable bonds is 7. The molecule has 1 fully saturated rings. The highest BCUT2D eigenvalue weighted by atomic mass is 16.5. The van der Waals surface area contributed by atoms with Gasteiger partial charge in [-0.1, -0.05) is 19.8 Å². The van der Waals surface area contributed by atoms with E-state index in [1.807, 2.05) is 0 Å². The summed E-state index contributed by atoms with van der Waals surface area (Å²) in [7, 11) is 1.52. The Hall–Kier alpha value is -0.610. The van der Waals surface area contributed by atoms with Crippen molar-refractivity contribution < 1.29 is 19.7 Å². The summed E-state index contributed by atoms with van der Waals surface area (Å²) in [5.41, 5.74) is -0.734. The second kappa shape index (κ2) is 7.10. The van der Waals surface area contributed by atoms with Crippen molar-refractivity contribution in [2.24, 2.45) is 11.3 Å². The van der Waals surface area contributed by atoms with Gasteiger partial charge in [-0.25, -0.2) is 0 Å². The zero-order chi connectivity index (χ0) is 13.6. The molecule has 0 aromatic rings. The molecular weight excluding hydrogens is 232 g/mol. The van der Waals surface area contributed by atoms with Crippen molar-refractivity contribution in [3.05, 3.63) is 0 Å². The highest BCUT2D eigenvalue weighted by Gasteiger charge is 2.42. The Labute approximate surface area is 109 Å². The lowest BCUT2D eigenvalue weighted by atomic mass is 9.67. The van der Waals surface area contributed by atoms with E-state index in [2.05, 4.69) is 6.92 Å². The fraction of sp³-hybridized carbons (Fsp3) is 0.929. The zero-order valence-electron chi connectivity index (χ0n) is 11.5. The summed E-state index contributed by atoms with van der Waals surface area (Å²) < 4.78 is 4.89. The van der Waals surface area contributed by atoms with Gasteiger partial charge in [0, 0.05) is 7.11 Å². The number of carboxylic acid groups (broad SMARTS) is 1. The molecule has 0 aromatic carbocycles. The average Bonchev–Trinajstić information content (AvgIpc) is 2.32. The first-order chi connectivity index (χ1) is 8.54. The standard InChI is InChI=1S/C14H26O4/c1-3-4-11-5-7-14(8-6-11,13(16)17)9-12(15)10-18-2/h11-12,15H,3-10H2,1-2H3,(H,16,17). The molecule has 0 bridgehead atoms. The number of hydrogen-bond donors (Lipinski definition) is 2. The molecule has 2 N–H and O–H groups in total. The molecule has 0 spiro atoms. The minimum atomic E-state index is -0.757. The summed E-state index contributed by atoms with van der Waals surface area (Å²) in [6, 6.07) is 0. The van der Waals surface area contributed by atoms with Gasteiger partial charge in [0.1, 0.15) is 0 Å². The van der Waals surface area contributed by atoms with E-state index >= 15 is 0 Å². The van der Waals surface area contributed by atoms with Gasteiger partial charge in [-0.3, -0.25) is 4.79 Å². The molecule has 1 saturated carbocycles. The third-order valence-electron chi connectivity index (χ3n) is 4.20. The van der Waals surface area contributed by atoms with Crippen molar-refractivity contribution in [2.75, 3.05) is 13.7 Å². The molecule has 1 rings (SSSR count). The number of methoxy groups -OCH3 is 1. The van der Waals surface area contributed by atoms with Gasteiger partial charge < -0.3 is 14.9 Å². The molecule has 4 nitrogen and oxygen atoms in total. The van der Waals surface area contributed by atoms with Crippen molar-refractivity contribution in [3.63, 3.8) is 0 Å². The third kappa shape index (κ3) is 3.95. The van der Waals surface area contributed by atoms with Gasteiger partial charge in [0.25, 0.3) is 0 Å². The van der Waals surface area contributed by atoms with Crippen LogP contribution in [-0.4, -0.2) is 36.0 Å². The van der Waals surface area contributed by atoms with Crippen LogP contribution in [0.4, 0.5) is 0 Å². The largest absolute Gasteiger partial charge is 0.481 e. The number of ether oxygens (including phenoxy) is 1. The van der Waals surface area contributed by atoms with E-state index < -0.39 is 17.5 Å². The van der Waals surface area contributed by atoms with Crippen LogP contribution in [0.2, 0.25) is 0 Å². The molecule has 4 heteroatoms. The molecule has 1 aliphatic carbocycles. The van der Waals surface area contributed by atoms with E-state index in [1.165, 1.54) is 13.5 Å². The Morgan fingerprint density at radius 3 is 2.50 bits per heavy atom. The van der Waals surface area contributed by atoms with Crippen LogP contribution in [0.1, 0.15) is 51.9 Å². The SMILES string of the molecule is CCCC1CCC(CC(O)COC)(C(=O)O)CC1. The molecule has 1 aliphatic rings. The Bertz CT molecular complexity index is 257. The number of hydrogen-bond acceptors (Lipinski definition) is 3. The van der Waals surface area contributed by atoms with Crippen LogP contribution in [-0.2, 0) is 9.53 Å². The minimum absolute atomic E-state index is 0.216. The predicted molar refractivity (Wildman–Crippen MR) is 69.4 cm³/mol. The molecule has 0 amide bonds. The number of carboxylic acids is 1. The molecule has 0 saturated heterocycles. The lowest BCUT2D eigenvalue weighted by molar-refractivity contribution is -0.154. The fourth-order valence-corrected chi connectivity index (χ4v) is 3.13. The topological polar surface area (TPSA) is 66.8 Å². The molecule has 0 heterocycles. The first kappa shape index (κ1) is 15.4. The lowest BCUT2D eigenvalue weighted by Gasteiger charge is -2.38. The molecule has 1 unspecified atom stereocenters. The fourth-order valence-electron chi connectivity index (χ4n) is 3.13. The number of carbonyl (C=O) groups is 1. The van der Waals surface area contributed by atoms with Gasteiger partial charge in [0.15, 0.2) is 0 Å². The quantitative estimate of drug-likeness (QED) is 0.736. The lowest BCUT2D eigenvalue weighted by Crippen LogP contribution is -2.39. The van der Waals surface area contributed by atoms with Gasteiger partial charge in [0.05, 0.1) is 18.1 Å². The van der Waals surface area contributed by atoms with Gasteiger partial charge in [-0.15, -0.1) is 0 Å². The van der Waals surface area contributed by atoms with E-state index in [4.69, 9.17) is 4.74 Å². The number of aliphatic carboxylic acids is 1. The summed E-state index contributed by atoms with van der Waals surface area (Å²) in [6.07, 6.45) is 5.32. The Balaban J connectivity index is 2.58. The molecule has 0 radical (unpaired) electrons. The van der Waals surface area contributed by atoms with Crippen LogP contribution >= 0.6 is 0 Å². The van der Waals surface area contributed by atoms with Crippen molar-refractivity contribution >= 4 is 5.97 Å². The van der Waals surface area contributed by atoms with Crippen LogP contribution in [0, 0.1) is 11.3 Å². The first-order valence-electron chi connectivity index (χ1n) is 6.94. The van der Waals surface area contributed by atoms with E-state index in [1.54, 1.807) is 0 Å². The van der Waals surface area contributed by atoms with Gasteiger partial charge in [-0.05, 0) is 38.0 Å². The molecular formula is C14H26O4. The maximum Gasteiger partial charge on any atom is 0.309 e. The Kier molecular flexibility index (Phi) is 6.09. The van der Waals surface area contributed by atoms with E-state index in [0.29, 0.717) is 25.2 Å². The maximum atomic E-state index is 11.5. The highest BCUT2D eigenvalue weighted by molar-refractivity contribution is 5.74. The van der Waals surface area contributed by atoms with E-state index in [9.17, 15) is 15.0 Å². The summed E-state index contributed by atoms with van der Waals surface area (Å²) in [5.74, 6) is -0.0883. The van der Waals surface area contributed by atoms with Gasteiger partial charge in [0.2, 0.25) is 0 Å². The monoisotopic (exact) mass is 258 g/mol. The van der Waals surface area contributed by atoms with Crippen LogP contribution < -0.4 is 0 Å².